The van der Waals surface area contributed by atoms with Gasteiger partial charge in [-0.3, -0.25) is 4.79 Å². The second-order valence-corrected chi connectivity index (χ2v) is 4.54. The predicted octanol–water partition coefficient (Wildman–Crippen LogP) is 2.75. The maximum atomic E-state index is 12.1. The van der Waals surface area contributed by atoms with Crippen molar-refractivity contribution >= 4 is 17.5 Å². The summed E-state index contributed by atoms with van der Waals surface area (Å²) in [5, 5.41) is 0.662. The monoisotopic (exact) mass is 268 g/mol. The van der Waals surface area contributed by atoms with Gasteiger partial charge in [-0.1, -0.05) is 25.4 Å². The van der Waals surface area contributed by atoms with Crippen molar-refractivity contribution in [3.05, 3.63) is 34.9 Å². The Morgan fingerprint density at radius 3 is 2.06 bits per heavy atom. The van der Waals surface area contributed by atoms with Crippen molar-refractivity contribution < 1.29 is 4.79 Å². The van der Waals surface area contributed by atoms with Crippen molar-refractivity contribution in [2.24, 2.45) is 0 Å². The second-order valence-electron chi connectivity index (χ2n) is 4.10. The van der Waals surface area contributed by atoms with E-state index in [1.165, 1.54) is 0 Å². The van der Waals surface area contributed by atoms with Gasteiger partial charge in [-0.05, 0) is 31.3 Å². The molecule has 1 aliphatic rings. The summed E-state index contributed by atoms with van der Waals surface area (Å²) >= 11 is 5.79. The summed E-state index contributed by atoms with van der Waals surface area (Å²) < 4.78 is 0. The highest BCUT2D eigenvalue weighted by Crippen LogP contribution is 2.12. The Bertz CT molecular complexity index is 370. The van der Waals surface area contributed by atoms with Gasteiger partial charge >= 0.3 is 0 Å². The summed E-state index contributed by atoms with van der Waals surface area (Å²) in [5.41, 5.74) is 0.717. The quantitative estimate of drug-likeness (QED) is 0.782. The number of carbonyl (C=O) groups excluding carboxylic acids is 1. The molecule has 3 nitrogen and oxygen atoms in total. The summed E-state index contributed by atoms with van der Waals surface area (Å²) in [5.74, 6) is 0.102. The Kier molecular flexibility index (Phi) is 6.16. The van der Waals surface area contributed by atoms with Gasteiger partial charge in [-0.25, -0.2) is 0 Å². The molecule has 1 aromatic carbocycles. The van der Waals surface area contributed by atoms with Crippen LogP contribution in [0.4, 0.5) is 0 Å². The first kappa shape index (κ1) is 15.0. The Morgan fingerprint density at radius 1 is 1.06 bits per heavy atom. The zero-order chi connectivity index (χ0) is 13.5. The summed E-state index contributed by atoms with van der Waals surface area (Å²) in [6.45, 7) is 7.49. The molecule has 2 rings (SSSR count). The lowest BCUT2D eigenvalue weighted by molar-refractivity contribution is 0.0664. The van der Waals surface area contributed by atoms with Crippen LogP contribution in [0.3, 0.4) is 0 Å². The third-order valence-electron chi connectivity index (χ3n) is 2.88. The van der Waals surface area contributed by atoms with E-state index in [0.29, 0.717) is 10.6 Å². The van der Waals surface area contributed by atoms with Crippen LogP contribution in [0.2, 0.25) is 5.02 Å². The summed E-state index contributed by atoms with van der Waals surface area (Å²) in [6.07, 6.45) is 0. The number of benzene rings is 1. The van der Waals surface area contributed by atoms with Gasteiger partial charge in [-0.15, -0.1) is 0 Å². The molecule has 0 radical (unpaired) electrons. The number of likely N-dealkylation sites (N-methyl/N-ethyl adjacent to an activating group) is 1. The Labute approximate surface area is 114 Å². The van der Waals surface area contributed by atoms with Crippen LogP contribution in [-0.2, 0) is 0 Å². The SMILES string of the molecule is CC.CN1CCN(C(=O)c2ccc(Cl)cc2)CC1. The third-order valence-corrected chi connectivity index (χ3v) is 3.13. The molecule has 0 aliphatic carbocycles. The minimum Gasteiger partial charge on any atom is -0.336 e. The van der Waals surface area contributed by atoms with E-state index in [1.54, 1.807) is 24.3 Å². The zero-order valence-corrected chi connectivity index (χ0v) is 12.1. The van der Waals surface area contributed by atoms with Crippen molar-refractivity contribution in [2.45, 2.75) is 13.8 Å². The average Bonchev–Trinajstić information content (AvgIpc) is 2.42. The van der Waals surface area contributed by atoms with Crippen LogP contribution >= 0.6 is 11.6 Å². The van der Waals surface area contributed by atoms with Crippen molar-refractivity contribution in [1.29, 1.82) is 0 Å². The van der Waals surface area contributed by atoms with E-state index in [1.807, 2.05) is 18.7 Å². The zero-order valence-electron chi connectivity index (χ0n) is 11.3. The van der Waals surface area contributed by atoms with E-state index < -0.39 is 0 Å². The fraction of sp³-hybridized carbons (Fsp3) is 0.500. The summed E-state index contributed by atoms with van der Waals surface area (Å²) in [7, 11) is 2.07. The highest BCUT2D eigenvalue weighted by Gasteiger charge is 2.19. The van der Waals surface area contributed by atoms with Crippen molar-refractivity contribution in [2.75, 3.05) is 33.2 Å². The minimum absolute atomic E-state index is 0.102. The first-order chi connectivity index (χ1) is 8.66. The molecule has 0 bridgehead atoms. The van der Waals surface area contributed by atoms with E-state index in [-0.39, 0.29) is 5.91 Å². The molecule has 1 saturated heterocycles. The number of halogens is 1. The van der Waals surface area contributed by atoms with Gasteiger partial charge in [0.05, 0.1) is 0 Å². The molecule has 1 fully saturated rings. The predicted molar refractivity (Wildman–Crippen MR) is 76.2 cm³/mol. The van der Waals surface area contributed by atoms with Crippen LogP contribution in [0, 0.1) is 0 Å². The average molecular weight is 269 g/mol. The molecule has 100 valence electrons. The van der Waals surface area contributed by atoms with Gasteiger partial charge in [0.15, 0.2) is 0 Å². The van der Waals surface area contributed by atoms with E-state index >= 15 is 0 Å². The first-order valence-electron chi connectivity index (χ1n) is 6.40. The number of nitrogens with zero attached hydrogens (tertiary/aromatic N) is 2. The van der Waals surface area contributed by atoms with E-state index in [4.69, 9.17) is 11.6 Å². The Hall–Kier alpha value is -1.06. The highest BCUT2D eigenvalue weighted by atomic mass is 35.5. The van der Waals surface area contributed by atoms with Gasteiger partial charge in [0.1, 0.15) is 0 Å². The molecule has 0 unspecified atom stereocenters. The topological polar surface area (TPSA) is 23.6 Å². The maximum absolute atomic E-state index is 12.1. The molecule has 18 heavy (non-hydrogen) atoms. The normalized spacial score (nSPS) is 15.9. The molecule has 0 spiro atoms. The van der Waals surface area contributed by atoms with Crippen LogP contribution in [0.25, 0.3) is 0 Å². The molecule has 1 amide bonds. The maximum Gasteiger partial charge on any atom is 0.253 e. The number of hydrogen-bond acceptors (Lipinski definition) is 2. The van der Waals surface area contributed by atoms with Crippen LogP contribution in [0.1, 0.15) is 24.2 Å². The van der Waals surface area contributed by atoms with Gasteiger partial charge in [-0.2, -0.15) is 0 Å². The van der Waals surface area contributed by atoms with Gasteiger partial charge in [0.2, 0.25) is 0 Å². The molecule has 0 N–H and O–H groups in total. The summed E-state index contributed by atoms with van der Waals surface area (Å²) in [4.78, 5) is 16.2. The van der Waals surface area contributed by atoms with E-state index in [0.717, 1.165) is 26.2 Å². The molecule has 1 aliphatic heterocycles. The van der Waals surface area contributed by atoms with E-state index in [2.05, 4.69) is 11.9 Å². The number of carbonyl (C=O) groups is 1. The Balaban J connectivity index is 0.000000771. The lowest BCUT2D eigenvalue weighted by atomic mass is 10.2. The fourth-order valence-electron chi connectivity index (χ4n) is 1.78. The van der Waals surface area contributed by atoms with Crippen molar-refractivity contribution in [3.63, 3.8) is 0 Å². The lowest BCUT2D eigenvalue weighted by Gasteiger charge is -2.32. The molecule has 1 heterocycles. The first-order valence-corrected chi connectivity index (χ1v) is 6.78. The third kappa shape index (κ3) is 4.00. The van der Waals surface area contributed by atoms with Crippen molar-refractivity contribution in [1.82, 2.24) is 9.80 Å². The van der Waals surface area contributed by atoms with Crippen LogP contribution in [-0.4, -0.2) is 48.9 Å². The number of piperazine rings is 1. The molecule has 1 aromatic rings. The van der Waals surface area contributed by atoms with Gasteiger partial charge in [0, 0.05) is 36.8 Å². The standard InChI is InChI=1S/C12H15ClN2O.C2H6/c1-14-6-8-15(9-7-14)12(16)10-2-4-11(13)5-3-10;1-2/h2-5H,6-9H2,1H3;1-2H3. The van der Waals surface area contributed by atoms with Crippen molar-refractivity contribution in [3.8, 4) is 0 Å². The molecular weight excluding hydrogens is 248 g/mol. The number of hydrogen-bond donors (Lipinski definition) is 0. The van der Waals surface area contributed by atoms with Gasteiger partial charge in [0.25, 0.3) is 5.91 Å². The summed E-state index contributed by atoms with van der Waals surface area (Å²) in [6, 6.07) is 7.07. The highest BCUT2D eigenvalue weighted by molar-refractivity contribution is 6.30. The van der Waals surface area contributed by atoms with Crippen LogP contribution < -0.4 is 0 Å². The molecule has 0 atom stereocenters. The molecule has 0 aromatic heterocycles. The molecule has 0 saturated carbocycles. The Morgan fingerprint density at radius 2 is 1.56 bits per heavy atom. The largest absolute Gasteiger partial charge is 0.336 e. The van der Waals surface area contributed by atoms with Crippen LogP contribution in [0.15, 0.2) is 24.3 Å². The fourth-order valence-corrected chi connectivity index (χ4v) is 1.91. The van der Waals surface area contributed by atoms with E-state index in [9.17, 15) is 4.79 Å². The number of amides is 1. The number of rotatable bonds is 1. The lowest BCUT2D eigenvalue weighted by Crippen LogP contribution is -2.47. The molecular formula is C14H21ClN2O. The minimum atomic E-state index is 0.102. The smallest absolute Gasteiger partial charge is 0.253 e. The second kappa shape index (κ2) is 7.39. The molecule has 4 heteroatoms. The van der Waals surface area contributed by atoms with Crippen LogP contribution in [0.5, 0.6) is 0 Å². The van der Waals surface area contributed by atoms with Gasteiger partial charge < -0.3 is 9.80 Å².